The monoisotopic (exact) mass is 322 g/mol. The molecule has 114 valence electrons. The van der Waals surface area contributed by atoms with Gasteiger partial charge in [0.1, 0.15) is 5.82 Å². The van der Waals surface area contributed by atoms with Crippen LogP contribution in [-0.2, 0) is 5.88 Å². The Kier molecular flexibility index (Phi) is 4.47. The first kappa shape index (κ1) is 16.0. The Morgan fingerprint density at radius 3 is 2.18 bits per heavy atom. The van der Waals surface area contributed by atoms with Crippen LogP contribution in [0.25, 0.3) is 11.1 Å². The number of aromatic carboxylic acids is 2. The average molecular weight is 323 g/mol. The van der Waals surface area contributed by atoms with Gasteiger partial charge in [-0.05, 0) is 41.8 Å². The minimum Gasteiger partial charge on any atom is -0.478 e. The maximum Gasteiger partial charge on any atom is 0.336 e. The van der Waals surface area contributed by atoms with E-state index in [0.717, 1.165) is 12.1 Å². The zero-order chi connectivity index (χ0) is 16.4. The van der Waals surface area contributed by atoms with Crippen LogP contribution in [0.3, 0.4) is 0 Å². The van der Waals surface area contributed by atoms with Gasteiger partial charge in [0.25, 0.3) is 0 Å². The molecule has 0 saturated carbocycles. The van der Waals surface area contributed by atoms with E-state index in [4.69, 9.17) is 11.6 Å². The van der Waals surface area contributed by atoms with Crippen LogP contribution in [0.4, 0.5) is 4.39 Å². The lowest BCUT2D eigenvalue weighted by atomic mass is 9.88. The lowest BCUT2D eigenvalue weighted by Gasteiger charge is -2.16. The van der Waals surface area contributed by atoms with Gasteiger partial charge < -0.3 is 10.2 Å². The van der Waals surface area contributed by atoms with E-state index >= 15 is 0 Å². The Hall–Kier alpha value is -2.40. The molecule has 0 aliphatic carbocycles. The van der Waals surface area contributed by atoms with Crippen molar-refractivity contribution in [2.24, 2.45) is 0 Å². The van der Waals surface area contributed by atoms with Gasteiger partial charge in [-0.2, -0.15) is 0 Å². The fourth-order valence-corrected chi connectivity index (χ4v) is 2.70. The number of hydrogen-bond donors (Lipinski definition) is 2. The molecule has 0 bridgehead atoms. The Bertz CT molecular complexity index is 754. The first-order valence-electron chi connectivity index (χ1n) is 6.31. The van der Waals surface area contributed by atoms with Gasteiger partial charge >= 0.3 is 11.9 Å². The lowest BCUT2D eigenvalue weighted by molar-refractivity contribution is 0.0695. The number of rotatable bonds is 4. The van der Waals surface area contributed by atoms with E-state index < -0.39 is 17.8 Å². The number of benzene rings is 2. The molecule has 22 heavy (non-hydrogen) atoms. The van der Waals surface area contributed by atoms with E-state index in [0.29, 0.717) is 16.7 Å². The van der Waals surface area contributed by atoms with E-state index in [1.165, 1.54) is 18.2 Å². The summed E-state index contributed by atoms with van der Waals surface area (Å²) in [4.78, 5) is 23.1. The quantitative estimate of drug-likeness (QED) is 0.836. The molecule has 2 N–H and O–H groups in total. The van der Waals surface area contributed by atoms with Gasteiger partial charge in [0.2, 0.25) is 0 Å². The molecule has 0 radical (unpaired) electrons. The normalized spacial score (nSPS) is 10.5. The zero-order valence-corrected chi connectivity index (χ0v) is 12.3. The smallest absolute Gasteiger partial charge is 0.336 e. The van der Waals surface area contributed by atoms with Crippen LogP contribution < -0.4 is 0 Å². The Morgan fingerprint density at radius 2 is 1.73 bits per heavy atom. The summed E-state index contributed by atoms with van der Waals surface area (Å²) in [6, 6.07) is 6.36. The number of aryl methyl sites for hydroxylation is 1. The molecule has 0 aliphatic heterocycles. The number of carboxylic acid groups (broad SMARTS) is 2. The molecule has 2 aromatic carbocycles. The second-order valence-electron chi connectivity index (χ2n) is 4.72. The van der Waals surface area contributed by atoms with Crippen molar-refractivity contribution in [3.63, 3.8) is 0 Å². The number of halogens is 2. The van der Waals surface area contributed by atoms with Crippen molar-refractivity contribution in [3.05, 3.63) is 58.4 Å². The van der Waals surface area contributed by atoms with Crippen molar-refractivity contribution in [2.45, 2.75) is 12.8 Å². The predicted octanol–water partition coefficient (Wildman–Crippen LogP) is 3.94. The summed E-state index contributed by atoms with van der Waals surface area (Å²) < 4.78 is 13.1. The van der Waals surface area contributed by atoms with Gasteiger partial charge in [0.15, 0.2) is 0 Å². The Labute approximate surface area is 130 Å². The van der Waals surface area contributed by atoms with E-state index in [1.807, 2.05) is 0 Å². The second-order valence-corrected chi connectivity index (χ2v) is 4.99. The highest BCUT2D eigenvalue weighted by molar-refractivity contribution is 6.18. The summed E-state index contributed by atoms with van der Waals surface area (Å²) in [5.74, 6) is -3.10. The van der Waals surface area contributed by atoms with Crippen molar-refractivity contribution in [1.82, 2.24) is 0 Å². The van der Waals surface area contributed by atoms with E-state index in [9.17, 15) is 24.2 Å². The largest absolute Gasteiger partial charge is 0.478 e. The van der Waals surface area contributed by atoms with E-state index in [-0.39, 0.29) is 22.6 Å². The molecule has 0 aliphatic rings. The predicted molar refractivity (Wildman–Crippen MR) is 80.0 cm³/mol. The van der Waals surface area contributed by atoms with Crippen LogP contribution in [0.15, 0.2) is 30.3 Å². The lowest BCUT2D eigenvalue weighted by Crippen LogP contribution is -2.12. The topological polar surface area (TPSA) is 74.6 Å². The third-order valence-electron chi connectivity index (χ3n) is 3.37. The summed E-state index contributed by atoms with van der Waals surface area (Å²) in [7, 11) is 0. The Balaban J connectivity index is 2.92. The highest BCUT2D eigenvalue weighted by Gasteiger charge is 2.25. The minimum atomic E-state index is -1.28. The molecular formula is C16H12ClFO4. The molecule has 0 fully saturated rings. The molecule has 4 nitrogen and oxygen atoms in total. The van der Waals surface area contributed by atoms with Crippen LogP contribution >= 0.6 is 11.6 Å². The van der Waals surface area contributed by atoms with Crippen molar-refractivity contribution in [3.8, 4) is 11.1 Å². The second kappa shape index (κ2) is 6.15. The molecule has 0 heterocycles. The Morgan fingerprint density at radius 1 is 1.14 bits per heavy atom. The molecule has 2 aromatic rings. The fraction of sp³-hybridized carbons (Fsp3) is 0.125. The SMILES string of the molecule is Cc1cc(C(=O)O)c(-c2ccc(F)cc2)c(C(=O)O)c1CCl. The van der Waals surface area contributed by atoms with Crippen molar-refractivity contribution in [2.75, 3.05) is 0 Å². The van der Waals surface area contributed by atoms with Crippen molar-refractivity contribution >= 4 is 23.5 Å². The summed E-state index contributed by atoms with van der Waals surface area (Å²) in [5, 5.41) is 18.9. The van der Waals surface area contributed by atoms with Crippen molar-refractivity contribution in [1.29, 1.82) is 0 Å². The zero-order valence-electron chi connectivity index (χ0n) is 11.6. The third-order valence-corrected chi connectivity index (χ3v) is 3.64. The van der Waals surface area contributed by atoms with Gasteiger partial charge in [-0.15, -0.1) is 11.6 Å². The van der Waals surface area contributed by atoms with Crippen LogP contribution in [0, 0.1) is 12.7 Å². The summed E-state index contributed by atoms with van der Waals surface area (Å²) in [6.07, 6.45) is 0. The van der Waals surface area contributed by atoms with Crippen LogP contribution in [0.1, 0.15) is 31.8 Å². The van der Waals surface area contributed by atoms with Crippen LogP contribution in [0.5, 0.6) is 0 Å². The van der Waals surface area contributed by atoms with E-state index in [2.05, 4.69) is 0 Å². The highest BCUT2D eigenvalue weighted by Crippen LogP contribution is 2.33. The van der Waals surface area contributed by atoms with Gasteiger partial charge in [-0.1, -0.05) is 12.1 Å². The first-order chi connectivity index (χ1) is 10.4. The van der Waals surface area contributed by atoms with Crippen molar-refractivity contribution < 1.29 is 24.2 Å². The van der Waals surface area contributed by atoms with Gasteiger partial charge in [0, 0.05) is 11.4 Å². The average Bonchev–Trinajstić information content (AvgIpc) is 2.46. The number of alkyl halides is 1. The number of hydrogen-bond acceptors (Lipinski definition) is 2. The fourth-order valence-electron chi connectivity index (χ4n) is 2.35. The summed E-state index contributed by atoms with van der Waals surface area (Å²) in [6.45, 7) is 1.60. The molecule has 0 aromatic heterocycles. The molecule has 0 atom stereocenters. The third kappa shape index (κ3) is 2.80. The molecule has 0 saturated heterocycles. The van der Waals surface area contributed by atoms with Gasteiger partial charge in [-0.25, -0.2) is 14.0 Å². The van der Waals surface area contributed by atoms with Gasteiger partial charge in [-0.3, -0.25) is 0 Å². The first-order valence-corrected chi connectivity index (χ1v) is 6.85. The van der Waals surface area contributed by atoms with E-state index in [1.54, 1.807) is 6.92 Å². The van der Waals surface area contributed by atoms with Crippen LogP contribution in [0.2, 0.25) is 0 Å². The number of carbonyl (C=O) groups is 2. The highest BCUT2D eigenvalue weighted by atomic mass is 35.5. The standard InChI is InChI=1S/C16H12ClFO4/c1-8-6-11(15(19)20)13(9-2-4-10(18)5-3-9)14(16(21)22)12(8)7-17/h2-6H,7H2,1H3,(H,19,20)(H,21,22). The molecule has 2 rings (SSSR count). The molecule has 6 heteroatoms. The number of carboxylic acids is 2. The molecule has 0 spiro atoms. The van der Waals surface area contributed by atoms with Crippen LogP contribution in [-0.4, -0.2) is 22.2 Å². The maximum atomic E-state index is 13.1. The molecule has 0 amide bonds. The molecular weight excluding hydrogens is 311 g/mol. The maximum absolute atomic E-state index is 13.1. The minimum absolute atomic E-state index is 0.0289. The summed E-state index contributed by atoms with van der Waals surface area (Å²) in [5.41, 5.74) is 0.840. The summed E-state index contributed by atoms with van der Waals surface area (Å²) >= 11 is 5.83. The van der Waals surface area contributed by atoms with Gasteiger partial charge in [0.05, 0.1) is 11.1 Å². The molecule has 0 unspecified atom stereocenters.